The van der Waals surface area contributed by atoms with Gasteiger partial charge in [0.25, 0.3) is 0 Å². The van der Waals surface area contributed by atoms with Gasteiger partial charge >= 0.3 is 0 Å². The Bertz CT molecular complexity index is 1120. The number of nitrogens with two attached hydrogens (primary N) is 1. The topological polar surface area (TPSA) is 90.9 Å². The summed E-state index contributed by atoms with van der Waals surface area (Å²) in [6, 6.07) is 17.9. The van der Waals surface area contributed by atoms with Crippen molar-refractivity contribution >= 4 is 29.3 Å². The second-order valence-corrected chi connectivity index (χ2v) is 7.19. The second-order valence-electron chi connectivity index (χ2n) is 7.19. The zero-order valence-electron chi connectivity index (χ0n) is 16.4. The third kappa shape index (κ3) is 3.81. The average Bonchev–Trinajstić information content (AvgIpc) is 3.17. The van der Waals surface area contributed by atoms with Gasteiger partial charge < -0.3 is 15.8 Å². The Morgan fingerprint density at radius 3 is 2.50 bits per heavy atom. The first-order chi connectivity index (χ1) is 14.3. The number of ether oxygens (including phenoxy) is 1. The molecule has 4 aromatic rings. The first-order valence-electron chi connectivity index (χ1n) is 9.82. The van der Waals surface area contributed by atoms with Crippen molar-refractivity contribution in [1.82, 2.24) is 25.1 Å². The van der Waals surface area contributed by atoms with E-state index in [0.717, 1.165) is 59.7 Å². The minimum Gasteiger partial charge on any atom is -0.457 e. The Labute approximate surface area is 180 Å². The monoisotopic (exact) mass is 422 g/mol. The standard InChI is InChI=1S/C22H22N6O.ClH/c23-21-19-20(15-8-10-18(11-9-15)29-17-6-2-1-3-7-17)27-28(22(19)26-14-25-21)16-5-4-12-24-13-16;/h1-3,6-11,14,16,24H,4-5,12-13H2,(H2,23,25,26);1H/t16-;/m0./s1. The Hall–Kier alpha value is -3.16. The summed E-state index contributed by atoms with van der Waals surface area (Å²) in [5.41, 5.74) is 8.77. The molecule has 0 spiro atoms. The van der Waals surface area contributed by atoms with Gasteiger partial charge in [-0.05, 0) is 55.8 Å². The molecule has 8 heteroatoms. The molecule has 7 nitrogen and oxygen atoms in total. The molecule has 5 rings (SSSR count). The smallest absolute Gasteiger partial charge is 0.164 e. The SMILES string of the molecule is Cl.Nc1ncnc2c1c(-c1ccc(Oc3ccccc3)cc1)nn2[C@H]1CCCNC1. The quantitative estimate of drug-likeness (QED) is 0.511. The number of benzene rings is 2. The normalized spacial score (nSPS) is 16.2. The van der Waals surface area contributed by atoms with Crippen molar-refractivity contribution in [3.63, 3.8) is 0 Å². The first kappa shape index (κ1) is 20.1. The van der Waals surface area contributed by atoms with Crippen LogP contribution >= 0.6 is 12.4 Å². The molecule has 30 heavy (non-hydrogen) atoms. The molecule has 1 saturated heterocycles. The van der Waals surface area contributed by atoms with Crippen molar-refractivity contribution in [3.05, 3.63) is 60.9 Å². The number of nitrogens with zero attached hydrogens (tertiary/aromatic N) is 4. The fourth-order valence-corrected chi connectivity index (χ4v) is 3.80. The van der Waals surface area contributed by atoms with Gasteiger partial charge in [0, 0.05) is 12.1 Å². The largest absolute Gasteiger partial charge is 0.457 e. The highest BCUT2D eigenvalue weighted by Gasteiger charge is 2.23. The Morgan fingerprint density at radius 1 is 1.00 bits per heavy atom. The highest BCUT2D eigenvalue weighted by atomic mass is 35.5. The lowest BCUT2D eigenvalue weighted by molar-refractivity contribution is 0.354. The molecule has 1 aliphatic heterocycles. The maximum atomic E-state index is 6.22. The number of nitrogen functional groups attached to an aromatic ring is 1. The van der Waals surface area contributed by atoms with Crippen LogP contribution in [0.3, 0.4) is 0 Å². The number of hydrogen-bond acceptors (Lipinski definition) is 6. The lowest BCUT2D eigenvalue weighted by Crippen LogP contribution is -2.32. The highest BCUT2D eigenvalue weighted by Crippen LogP contribution is 2.34. The fraction of sp³-hybridized carbons (Fsp3) is 0.227. The van der Waals surface area contributed by atoms with Crippen molar-refractivity contribution in [2.75, 3.05) is 18.8 Å². The molecular weight excluding hydrogens is 400 g/mol. The van der Waals surface area contributed by atoms with Crippen LogP contribution in [-0.2, 0) is 0 Å². The summed E-state index contributed by atoms with van der Waals surface area (Å²) in [6.07, 6.45) is 3.69. The number of anilines is 1. The summed E-state index contributed by atoms with van der Waals surface area (Å²) >= 11 is 0. The number of aromatic nitrogens is 4. The van der Waals surface area contributed by atoms with E-state index in [1.54, 1.807) is 0 Å². The summed E-state index contributed by atoms with van der Waals surface area (Å²) in [5.74, 6) is 2.02. The molecule has 1 aliphatic rings. The zero-order chi connectivity index (χ0) is 19.6. The molecule has 0 amide bonds. The van der Waals surface area contributed by atoms with Crippen LogP contribution in [0.25, 0.3) is 22.3 Å². The van der Waals surface area contributed by atoms with E-state index in [1.165, 1.54) is 6.33 Å². The minimum absolute atomic E-state index is 0. The van der Waals surface area contributed by atoms with E-state index >= 15 is 0 Å². The third-order valence-electron chi connectivity index (χ3n) is 5.24. The van der Waals surface area contributed by atoms with Gasteiger partial charge in [-0.15, -0.1) is 12.4 Å². The van der Waals surface area contributed by atoms with Gasteiger partial charge in [-0.2, -0.15) is 5.10 Å². The van der Waals surface area contributed by atoms with Gasteiger partial charge in [-0.25, -0.2) is 14.6 Å². The van der Waals surface area contributed by atoms with Crippen LogP contribution in [0.1, 0.15) is 18.9 Å². The van der Waals surface area contributed by atoms with E-state index in [0.29, 0.717) is 5.82 Å². The Balaban J connectivity index is 0.00000218. The number of nitrogens with one attached hydrogen (secondary N) is 1. The van der Waals surface area contributed by atoms with Gasteiger partial charge in [-0.1, -0.05) is 18.2 Å². The summed E-state index contributed by atoms with van der Waals surface area (Å²) in [7, 11) is 0. The number of hydrogen-bond donors (Lipinski definition) is 2. The van der Waals surface area contributed by atoms with E-state index in [9.17, 15) is 0 Å². The van der Waals surface area contributed by atoms with E-state index < -0.39 is 0 Å². The molecule has 3 N–H and O–H groups in total. The maximum Gasteiger partial charge on any atom is 0.164 e. The van der Waals surface area contributed by atoms with E-state index in [2.05, 4.69) is 15.3 Å². The Kier molecular flexibility index (Phi) is 5.83. The molecule has 1 atom stereocenters. The van der Waals surface area contributed by atoms with E-state index in [4.69, 9.17) is 15.6 Å². The van der Waals surface area contributed by atoms with Gasteiger partial charge in [0.05, 0.1) is 11.4 Å². The third-order valence-corrected chi connectivity index (χ3v) is 5.24. The van der Waals surface area contributed by atoms with Crippen LogP contribution in [0, 0.1) is 0 Å². The molecule has 2 aromatic carbocycles. The number of halogens is 1. The van der Waals surface area contributed by atoms with Crippen molar-refractivity contribution in [1.29, 1.82) is 0 Å². The lowest BCUT2D eigenvalue weighted by Gasteiger charge is -2.23. The van der Waals surface area contributed by atoms with Crippen LogP contribution in [-0.4, -0.2) is 32.8 Å². The van der Waals surface area contributed by atoms with Crippen molar-refractivity contribution in [2.45, 2.75) is 18.9 Å². The van der Waals surface area contributed by atoms with Crippen molar-refractivity contribution < 1.29 is 4.74 Å². The molecule has 154 valence electrons. The van der Waals surface area contributed by atoms with Gasteiger partial charge in [0.1, 0.15) is 29.3 Å². The second kappa shape index (κ2) is 8.69. The van der Waals surface area contributed by atoms with Crippen molar-refractivity contribution in [3.8, 4) is 22.8 Å². The molecule has 0 bridgehead atoms. The first-order valence-corrected chi connectivity index (χ1v) is 9.82. The fourth-order valence-electron chi connectivity index (χ4n) is 3.80. The Morgan fingerprint density at radius 2 is 1.77 bits per heavy atom. The molecule has 0 saturated carbocycles. The molecule has 0 unspecified atom stereocenters. The number of para-hydroxylation sites is 1. The van der Waals surface area contributed by atoms with Crippen LogP contribution in [0.4, 0.5) is 5.82 Å². The maximum absolute atomic E-state index is 6.22. The van der Waals surface area contributed by atoms with Crippen LogP contribution in [0.5, 0.6) is 11.5 Å². The molecule has 1 fully saturated rings. The van der Waals surface area contributed by atoms with Crippen LogP contribution in [0.2, 0.25) is 0 Å². The van der Waals surface area contributed by atoms with Crippen molar-refractivity contribution in [2.24, 2.45) is 0 Å². The summed E-state index contributed by atoms with van der Waals surface area (Å²) in [6.45, 7) is 1.92. The number of fused-ring (bicyclic) bond motifs is 1. The van der Waals surface area contributed by atoms with Crippen LogP contribution < -0.4 is 15.8 Å². The van der Waals surface area contributed by atoms with Gasteiger partial charge in [0.15, 0.2) is 5.65 Å². The highest BCUT2D eigenvalue weighted by molar-refractivity contribution is 5.98. The van der Waals surface area contributed by atoms with E-state index in [1.807, 2.05) is 59.3 Å². The average molecular weight is 423 g/mol. The number of rotatable bonds is 4. The minimum atomic E-state index is 0. The van der Waals surface area contributed by atoms with Gasteiger partial charge in [-0.3, -0.25) is 0 Å². The zero-order valence-corrected chi connectivity index (χ0v) is 17.2. The molecular formula is C22H23ClN6O. The summed E-state index contributed by atoms with van der Waals surface area (Å²) in [5, 5.41) is 9.15. The lowest BCUT2D eigenvalue weighted by atomic mass is 10.1. The molecule has 0 radical (unpaired) electrons. The summed E-state index contributed by atoms with van der Waals surface area (Å²) in [4.78, 5) is 8.69. The van der Waals surface area contributed by atoms with E-state index in [-0.39, 0.29) is 18.4 Å². The molecule has 3 heterocycles. The van der Waals surface area contributed by atoms with Gasteiger partial charge in [0.2, 0.25) is 0 Å². The number of piperidine rings is 1. The predicted molar refractivity (Wildman–Crippen MR) is 120 cm³/mol. The van der Waals surface area contributed by atoms with Crippen LogP contribution in [0.15, 0.2) is 60.9 Å². The predicted octanol–water partition coefficient (Wildman–Crippen LogP) is 4.21. The summed E-state index contributed by atoms with van der Waals surface area (Å²) < 4.78 is 7.90. The molecule has 2 aromatic heterocycles. The molecule has 0 aliphatic carbocycles.